The van der Waals surface area contributed by atoms with Crippen molar-refractivity contribution in [3.8, 4) is 0 Å². The summed E-state index contributed by atoms with van der Waals surface area (Å²) in [7, 11) is 2.01. The summed E-state index contributed by atoms with van der Waals surface area (Å²) in [6.45, 7) is 6.16. The van der Waals surface area contributed by atoms with E-state index in [-0.39, 0.29) is 12.1 Å². The highest BCUT2D eigenvalue weighted by Crippen LogP contribution is 2.37. The van der Waals surface area contributed by atoms with Crippen LogP contribution in [0, 0.1) is 5.92 Å². The van der Waals surface area contributed by atoms with Gasteiger partial charge in [-0.2, -0.15) is 0 Å². The molecule has 2 saturated carbocycles. The Morgan fingerprint density at radius 3 is 2.53 bits per heavy atom. The Morgan fingerprint density at radius 2 is 2.00 bits per heavy atom. The van der Waals surface area contributed by atoms with Crippen molar-refractivity contribution < 1.29 is 5.11 Å². The second kappa shape index (κ2) is 6.55. The van der Waals surface area contributed by atoms with Crippen molar-refractivity contribution in [2.45, 2.75) is 76.4 Å². The minimum Gasteiger partial charge on any atom is -0.394 e. The Bertz CT molecular complexity index is 272. The predicted octanol–water partition coefficient (Wildman–Crippen LogP) is 2.39. The summed E-state index contributed by atoms with van der Waals surface area (Å²) < 4.78 is 0. The zero-order valence-electron chi connectivity index (χ0n) is 13.0. The monoisotopic (exact) mass is 268 g/mol. The molecule has 0 aromatic rings. The molecule has 2 rings (SSSR count). The van der Waals surface area contributed by atoms with Crippen LogP contribution in [0.15, 0.2) is 0 Å². The van der Waals surface area contributed by atoms with Crippen LogP contribution in [0.25, 0.3) is 0 Å². The van der Waals surface area contributed by atoms with Crippen molar-refractivity contribution in [1.29, 1.82) is 0 Å². The van der Waals surface area contributed by atoms with Gasteiger partial charge in [-0.25, -0.2) is 0 Å². The van der Waals surface area contributed by atoms with Crippen LogP contribution in [0.1, 0.15) is 58.8 Å². The zero-order chi connectivity index (χ0) is 13.9. The molecule has 2 fully saturated rings. The fourth-order valence-corrected chi connectivity index (χ4v) is 3.54. The first-order valence-electron chi connectivity index (χ1n) is 8.16. The maximum atomic E-state index is 9.73. The zero-order valence-corrected chi connectivity index (χ0v) is 13.0. The van der Waals surface area contributed by atoms with Gasteiger partial charge in [0, 0.05) is 17.6 Å². The number of nitrogens with one attached hydrogen (secondary N) is 1. The average molecular weight is 268 g/mol. The van der Waals surface area contributed by atoms with E-state index >= 15 is 0 Å². The summed E-state index contributed by atoms with van der Waals surface area (Å²) in [6.07, 6.45) is 8.89. The summed E-state index contributed by atoms with van der Waals surface area (Å²) >= 11 is 0. The topological polar surface area (TPSA) is 35.5 Å². The summed E-state index contributed by atoms with van der Waals surface area (Å²) in [6, 6.07) is 1.52. The van der Waals surface area contributed by atoms with Crippen LogP contribution >= 0.6 is 0 Å². The SMILES string of the molecule is CNC1(CO)CCCC(N(CCC(C)C)C2CC2)C1. The summed E-state index contributed by atoms with van der Waals surface area (Å²) in [4.78, 5) is 2.76. The van der Waals surface area contributed by atoms with E-state index < -0.39 is 0 Å². The van der Waals surface area contributed by atoms with Crippen molar-refractivity contribution in [3.05, 3.63) is 0 Å². The Morgan fingerprint density at radius 1 is 1.26 bits per heavy atom. The minimum absolute atomic E-state index is 0.0200. The van der Waals surface area contributed by atoms with Crippen molar-refractivity contribution in [1.82, 2.24) is 10.2 Å². The lowest BCUT2D eigenvalue weighted by molar-refractivity contribution is 0.0575. The number of aliphatic hydroxyl groups excluding tert-OH is 1. The first-order valence-corrected chi connectivity index (χ1v) is 8.16. The molecular formula is C16H32N2O. The Labute approximate surface area is 118 Å². The quantitative estimate of drug-likeness (QED) is 0.744. The van der Waals surface area contributed by atoms with Gasteiger partial charge in [0.05, 0.1) is 6.61 Å². The second-order valence-corrected chi connectivity index (χ2v) is 7.09. The summed E-state index contributed by atoms with van der Waals surface area (Å²) in [5.74, 6) is 0.789. The van der Waals surface area contributed by atoms with Gasteiger partial charge in [0.2, 0.25) is 0 Å². The highest BCUT2D eigenvalue weighted by atomic mass is 16.3. The third kappa shape index (κ3) is 3.93. The van der Waals surface area contributed by atoms with Gasteiger partial charge >= 0.3 is 0 Å². The molecule has 0 heterocycles. The number of nitrogens with zero attached hydrogens (tertiary/aromatic N) is 1. The van der Waals surface area contributed by atoms with Crippen LogP contribution in [0.4, 0.5) is 0 Å². The molecule has 0 aromatic carbocycles. The van der Waals surface area contributed by atoms with Crippen molar-refractivity contribution in [2.75, 3.05) is 20.2 Å². The lowest BCUT2D eigenvalue weighted by Crippen LogP contribution is -2.55. The van der Waals surface area contributed by atoms with Crippen LogP contribution in [-0.2, 0) is 0 Å². The van der Waals surface area contributed by atoms with Gasteiger partial charge in [-0.05, 0) is 64.5 Å². The molecule has 2 N–H and O–H groups in total. The van der Waals surface area contributed by atoms with Gasteiger partial charge in [0.25, 0.3) is 0 Å². The molecule has 2 aliphatic carbocycles. The molecule has 0 amide bonds. The summed E-state index contributed by atoms with van der Waals surface area (Å²) in [5.41, 5.74) is -0.0200. The third-order valence-electron chi connectivity index (χ3n) is 5.10. The number of hydrogen-bond acceptors (Lipinski definition) is 3. The van der Waals surface area contributed by atoms with Gasteiger partial charge in [0.15, 0.2) is 0 Å². The molecule has 19 heavy (non-hydrogen) atoms. The second-order valence-electron chi connectivity index (χ2n) is 7.09. The number of rotatable bonds is 7. The molecule has 2 unspecified atom stereocenters. The van der Waals surface area contributed by atoms with E-state index in [1.165, 1.54) is 38.6 Å². The molecule has 0 aliphatic heterocycles. The molecule has 0 spiro atoms. The molecule has 112 valence electrons. The maximum absolute atomic E-state index is 9.73. The molecule has 0 saturated heterocycles. The smallest absolute Gasteiger partial charge is 0.0613 e. The van der Waals surface area contributed by atoms with E-state index in [1.807, 2.05) is 7.05 Å². The van der Waals surface area contributed by atoms with Gasteiger partial charge in [-0.3, -0.25) is 4.90 Å². The van der Waals surface area contributed by atoms with Crippen molar-refractivity contribution in [2.24, 2.45) is 5.92 Å². The predicted molar refractivity (Wildman–Crippen MR) is 80.3 cm³/mol. The van der Waals surface area contributed by atoms with Gasteiger partial charge < -0.3 is 10.4 Å². The van der Waals surface area contributed by atoms with Gasteiger partial charge in [-0.1, -0.05) is 13.8 Å². The molecule has 2 atom stereocenters. The first kappa shape index (κ1) is 15.3. The molecule has 3 nitrogen and oxygen atoms in total. The Kier molecular flexibility index (Phi) is 5.27. The lowest BCUT2D eigenvalue weighted by atomic mass is 9.78. The van der Waals surface area contributed by atoms with E-state index in [0.717, 1.165) is 24.8 Å². The highest BCUT2D eigenvalue weighted by molar-refractivity contribution is 4.98. The van der Waals surface area contributed by atoms with E-state index in [9.17, 15) is 5.11 Å². The Balaban J connectivity index is 1.96. The van der Waals surface area contributed by atoms with Crippen LogP contribution in [-0.4, -0.2) is 47.8 Å². The van der Waals surface area contributed by atoms with E-state index in [0.29, 0.717) is 6.04 Å². The van der Waals surface area contributed by atoms with Crippen molar-refractivity contribution >= 4 is 0 Å². The fraction of sp³-hybridized carbons (Fsp3) is 1.00. The summed E-state index contributed by atoms with van der Waals surface area (Å²) in [5, 5.41) is 13.1. The molecule has 3 heteroatoms. The van der Waals surface area contributed by atoms with E-state index in [4.69, 9.17) is 0 Å². The molecule has 0 radical (unpaired) electrons. The van der Waals surface area contributed by atoms with Crippen LogP contribution < -0.4 is 5.32 Å². The third-order valence-corrected chi connectivity index (χ3v) is 5.10. The molecular weight excluding hydrogens is 236 g/mol. The van der Waals surface area contributed by atoms with Gasteiger partial charge in [-0.15, -0.1) is 0 Å². The Hall–Kier alpha value is -0.120. The highest BCUT2D eigenvalue weighted by Gasteiger charge is 2.40. The standard InChI is InChI=1S/C16H32N2O/c1-13(2)8-10-18(14-6-7-14)15-5-4-9-16(11-15,12-19)17-3/h13-15,17,19H,4-12H2,1-3H3. The number of hydrogen-bond donors (Lipinski definition) is 2. The van der Waals surface area contributed by atoms with Gasteiger partial charge in [0.1, 0.15) is 0 Å². The van der Waals surface area contributed by atoms with Crippen LogP contribution in [0.2, 0.25) is 0 Å². The van der Waals surface area contributed by atoms with Crippen molar-refractivity contribution in [3.63, 3.8) is 0 Å². The molecule has 0 bridgehead atoms. The maximum Gasteiger partial charge on any atom is 0.0613 e. The van der Waals surface area contributed by atoms with E-state index in [1.54, 1.807) is 0 Å². The largest absolute Gasteiger partial charge is 0.394 e. The van der Waals surface area contributed by atoms with E-state index in [2.05, 4.69) is 24.1 Å². The number of likely N-dealkylation sites (N-methyl/N-ethyl adjacent to an activating group) is 1. The lowest BCUT2D eigenvalue weighted by Gasteiger charge is -2.44. The average Bonchev–Trinajstić information content (AvgIpc) is 3.23. The number of aliphatic hydroxyl groups is 1. The van der Waals surface area contributed by atoms with Crippen LogP contribution in [0.3, 0.4) is 0 Å². The molecule has 0 aromatic heterocycles. The fourth-order valence-electron chi connectivity index (χ4n) is 3.54. The minimum atomic E-state index is -0.0200. The molecule has 2 aliphatic rings. The first-order chi connectivity index (χ1) is 9.10. The van der Waals surface area contributed by atoms with Crippen LogP contribution in [0.5, 0.6) is 0 Å². The normalized spacial score (nSPS) is 32.2.